The normalized spacial score (nSPS) is 13.5. The summed E-state index contributed by atoms with van der Waals surface area (Å²) in [4.78, 5) is 11.0. The van der Waals surface area contributed by atoms with Crippen LogP contribution in [0.1, 0.15) is 13.3 Å². The van der Waals surface area contributed by atoms with Gasteiger partial charge >= 0.3 is 5.97 Å². The van der Waals surface area contributed by atoms with Gasteiger partial charge in [-0.1, -0.05) is 6.92 Å². The lowest BCUT2D eigenvalue weighted by molar-refractivity contribution is -0.144. The fourth-order valence-electron chi connectivity index (χ4n) is 1.16. The molecular formula is C9H18O4S2. The van der Waals surface area contributed by atoms with Gasteiger partial charge in [0.15, 0.2) is 9.84 Å². The van der Waals surface area contributed by atoms with E-state index in [-0.39, 0.29) is 11.5 Å². The molecule has 0 aromatic carbocycles. The molecule has 0 fully saturated rings. The molecule has 0 N–H and O–H groups in total. The third kappa shape index (κ3) is 6.78. The van der Waals surface area contributed by atoms with Crippen LogP contribution in [0.5, 0.6) is 0 Å². The molecule has 0 amide bonds. The zero-order valence-corrected chi connectivity index (χ0v) is 11.0. The van der Waals surface area contributed by atoms with Crippen molar-refractivity contribution in [1.29, 1.82) is 0 Å². The number of methoxy groups -OCH3 is 1. The van der Waals surface area contributed by atoms with Gasteiger partial charge in [-0.3, -0.25) is 4.79 Å². The van der Waals surface area contributed by atoms with Crippen LogP contribution in [0.15, 0.2) is 0 Å². The van der Waals surface area contributed by atoms with Gasteiger partial charge in [-0.05, 0) is 18.4 Å². The van der Waals surface area contributed by atoms with Crippen molar-refractivity contribution in [3.8, 4) is 0 Å². The van der Waals surface area contributed by atoms with Crippen LogP contribution in [0, 0.1) is 5.92 Å². The van der Waals surface area contributed by atoms with Crippen molar-refractivity contribution in [1.82, 2.24) is 0 Å². The molecule has 1 unspecified atom stereocenters. The molecule has 0 saturated carbocycles. The van der Waals surface area contributed by atoms with Gasteiger partial charge in [0, 0.05) is 0 Å². The minimum atomic E-state index is -3.12. The molecule has 1 atom stereocenters. The van der Waals surface area contributed by atoms with Crippen LogP contribution in [0.25, 0.3) is 0 Å². The van der Waals surface area contributed by atoms with E-state index in [0.717, 1.165) is 5.75 Å². The first-order chi connectivity index (χ1) is 6.93. The van der Waals surface area contributed by atoms with Crippen molar-refractivity contribution in [2.45, 2.75) is 13.3 Å². The molecule has 0 aliphatic rings. The van der Waals surface area contributed by atoms with Gasteiger partial charge in [0.25, 0.3) is 0 Å². The number of hydrogen-bond donors (Lipinski definition) is 0. The Balaban J connectivity index is 4.08. The number of thioether (sulfide) groups is 1. The Hall–Kier alpha value is -0.230. The maximum Gasteiger partial charge on any atom is 0.309 e. The second-order valence-corrected chi connectivity index (χ2v) is 6.60. The zero-order chi connectivity index (χ0) is 11.9. The highest BCUT2D eigenvalue weighted by Gasteiger charge is 2.21. The van der Waals surface area contributed by atoms with Crippen LogP contribution in [0.3, 0.4) is 0 Å². The summed E-state index contributed by atoms with van der Waals surface area (Å²) in [6, 6.07) is 0. The van der Waals surface area contributed by atoms with Gasteiger partial charge in [0.2, 0.25) is 0 Å². The zero-order valence-electron chi connectivity index (χ0n) is 9.36. The monoisotopic (exact) mass is 254 g/mol. The van der Waals surface area contributed by atoms with E-state index in [1.807, 2.05) is 6.26 Å². The topological polar surface area (TPSA) is 60.4 Å². The van der Waals surface area contributed by atoms with Crippen LogP contribution in [0.2, 0.25) is 0 Å². The van der Waals surface area contributed by atoms with Crippen molar-refractivity contribution in [2.75, 3.05) is 30.6 Å². The number of hydrogen-bond acceptors (Lipinski definition) is 5. The van der Waals surface area contributed by atoms with Crippen molar-refractivity contribution in [3.63, 3.8) is 0 Å². The summed E-state index contributed by atoms with van der Waals surface area (Å²) in [5.41, 5.74) is 0. The van der Waals surface area contributed by atoms with E-state index in [1.54, 1.807) is 18.7 Å². The lowest BCUT2D eigenvalue weighted by Gasteiger charge is -2.09. The van der Waals surface area contributed by atoms with E-state index < -0.39 is 21.7 Å². The standard InChI is InChI=1S/C9H18O4S2/c1-8(9(10)13-2)7-15(11,12)6-4-5-14-3/h8H,4-7H2,1-3H3. The average Bonchev–Trinajstić information content (AvgIpc) is 2.16. The number of carbonyl (C=O) groups excluding carboxylic acids is 1. The van der Waals surface area contributed by atoms with E-state index in [4.69, 9.17) is 0 Å². The third-order valence-corrected chi connectivity index (χ3v) is 4.53. The van der Waals surface area contributed by atoms with Crippen LogP contribution in [0.4, 0.5) is 0 Å². The molecule has 0 spiro atoms. The van der Waals surface area contributed by atoms with E-state index in [0.29, 0.717) is 6.42 Å². The highest BCUT2D eigenvalue weighted by Crippen LogP contribution is 2.07. The predicted octanol–water partition coefficient (Wildman–Crippen LogP) is 0.963. The number of esters is 1. The predicted molar refractivity (Wildman–Crippen MR) is 62.8 cm³/mol. The number of ether oxygens (including phenoxy) is 1. The average molecular weight is 254 g/mol. The fraction of sp³-hybridized carbons (Fsp3) is 0.889. The summed E-state index contributed by atoms with van der Waals surface area (Å²) in [7, 11) is -1.86. The van der Waals surface area contributed by atoms with Crippen LogP contribution < -0.4 is 0 Å². The Bertz CT molecular complexity index is 284. The van der Waals surface area contributed by atoms with Gasteiger partial charge < -0.3 is 4.74 Å². The molecule has 0 aliphatic carbocycles. The highest BCUT2D eigenvalue weighted by atomic mass is 32.2. The Morgan fingerprint density at radius 3 is 2.53 bits per heavy atom. The first kappa shape index (κ1) is 14.8. The van der Waals surface area contributed by atoms with Gasteiger partial charge in [-0.2, -0.15) is 11.8 Å². The number of sulfone groups is 1. The quantitative estimate of drug-likeness (QED) is 0.500. The largest absolute Gasteiger partial charge is 0.469 e. The van der Waals surface area contributed by atoms with E-state index >= 15 is 0 Å². The van der Waals surface area contributed by atoms with Gasteiger partial charge in [-0.15, -0.1) is 0 Å². The van der Waals surface area contributed by atoms with E-state index in [1.165, 1.54) is 7.11 Å². The van der Waals surface area contributed by atoms with E-state index in [2.05, 4.69) is 4.74 Å². The van der Waals surface area contributed by atoms with E-state index in [9.17, 15) is 13.2 Å². The maximum absolute atomic E-state index is 11.5. The van der Waals surface area contributed by atoms with Gasteiger partial charge in [-0.25, -0.2) is 8.42 Å². The molecule has 0 saturated heterocycles. The highest BCUT2D eigenvalue weighted by molar-refractivity contribution is 7.98. The van der Waals surface area contributed by atoms with Crippen LogP contribution >= 0.6 is 11.8 Å². The lowest BCUT2D eigenvalue weighted by Crippen LogP contribution is -2.24. The van der Waals surface area contributed by atoms with Crippen molar-refractivity contribution < 1.29 is 17.9 Å². The second-order valence-electron chi connectivity index (χ2n) is 3.38. The molecule has 0 bridgehead atoms. The lowest BCUT2D eigenvalue weighted by atomic mass is 10.2. The molecule has 90 valence electrons. The summed E-state index contributed by atoms with van der Waals surface area (Å²) >= 11 is 1.62. The molecule has 0 aromatic rings. The smallest absolute Gasteiger partial charge is 0.309 e. The summed E-state index contributed by atoms with van der Waals surface area (Å²) in [6.45, 7) is 1.57. The second kappa shape index (κ2) is 7.11. The van der Waals surface area contributed by atoms with Crippen molar-refractivity contribution >= 4 is 27.6 Å². The Labute approximate surface area is 95.7 Å². The molecule has 0 aromatic heterocycles. The maximum atomic E-state index is 11.5. The first-order valence-electron chi connectivity index (χ1n) is 4.70. The molecule has 4 nitrogen and oxygen atoms in total. The van der Waals surface area contributed by atoms with Gasteiger partial charge in [0.1, 0.15) is 0 Å². The van der Waals surface area contributed by atoms with Crippen LogP contribution in [-0.2, 0) is 19.4 Å². The van der Waals surface area contributed by atoms with Crippen molar-refractivity contribution in [3.05, 3.63) is 0 Å². The molecular weight excluding hydrogens is 236 g/mol. The first-order valence-corrected chi connectivity index (χ1v) is 7.91. The van der Waals surface area contributed by atoms with Crippen molar-refractivity contribution in [2.24, 2.45) is 5.92 Å². The Morgan fingerprint density at radius 1 is 1.47 bits per heavy atom. The molecule has 0 rings (SSSR count). The van der Waals surface area contributed by atoms with Gasteiger partial charge in [0.05, 0.1) is 24.5 Å². The molecule has 15 heavy (non-hydrogen) atoms. The molecule has 6 heteroatoms. The molecule has 0 heterocycles. The summed E-state index contributed by atoms with van der Waals surface area (Å²) in [5.74, 6) is -0.188. The minimum Gasteiger partial charge on any atom is -0.469 e. The Morgan fingerprint density at radius 2 is 2.07 bits per heavy atom. The molecule has 0 radical (unpaired) electrons. The summed E-state index contributed by atoms with van der Waals surface area (Å²) in [6.07, 6.45) is 2.57. The SMILES string of the molecule is COC(=O)C(C)CS(=O)(=O)CCCSC. The molecule has 0 aliphatic heterocycles. The number of rotatable bonds is 7. The van der Waals surface area contributed by atoms with Crippen LogP contribution in [-0.4, -0.2) is 45.0 Å². The Kier molecular flexibility index (Phi) is 7.00. The third-order valence-electron chi connectivity index (χ3n) is 1.91. The fourth-order valence-corrected chi connectivity index (χ4v) is 3.42. The summed E-state index contributed by atoms with van der Waals surface area (Å²) < 4.78 is 27.5. The number of carbonyl (C=O) groups is 1. The minimum absolute atomic E-state index is 0.117. The summed E-state index contributed by atoms with van der Waals surface area (Å²) in [5, 5.41) is 0.